The maximum Gasteiger partial charge on any atom is 0.295 e. The number of aryl methyl sites for hydroxylation is 1. The molecule has 0 aliphatic carbocycles. The minimum atomic E-state index is -0.868. The molecule has 0 unspecified atom stereocenters. The summed E-state index contributed by atoms with van der Waals surface area (Å²) in [7, 11) is 3.05. The van der Waals surface area contributed by atoms with Gasteiger partial charge in [0.05, 0.1) is 25.3 Å². The predicted molar refractivity (Wildman–Crippen MR) is 115 cm³/mol. The third kappa shape index (κ3) is 4.03. The van der Waals surface area contributed by atoms with Crippen molar-refractivity contribution in [2.24, 2.45) is 0 Å². The Hall–Kier alpha value is -2.54. The predicted octanol–water partition coefficient (Wildman–Crippen LogP) is 4.38. The molecule has 0 bridgehead atoms. The third-order valence-corrected chi connectivity index (χ3v) is 5.56. The summed E-state index contributed by atoms with van der Waals surface area (Å²) in [5, 5.41) is 11.8. The Morgan fingerprint density at radius 3 is 2.47 bits per heavy atom. The fraction of sp³-hybridized carbons (Fsp3) is 0.273. The highest BCUT2D eigenvalue weighted by atomic mass is 35.5. The van der Waals surface area contributed by atoms with Gasteiger partial charge in [-0.25, -0.2) is 0 Å². The Morgan fingerprint density at radius 2 is 1.87 bits per heavy atom. The lowest BCUT2D eigenvalue weighted by molar-refractivity contribution is -0.140. The molecule has 30 heavy (non-hydrogen) atoms. The fourth-order valence-corrected chi connectivity index (χ4v) is 4.04. The van der Waals surface area contributed by atoms with Crippen LogP contribution in [-0.2, 0) is 14.3 Å². The zero-order valence-corrected chi connectivity index (χ0v) is 18.3. The minimum absolute atomic E-state index is 0.0371. The van der Waals surface area contributed by atoms with Crippen molar-refractivity contribution in [1.29, 1.82) is 0 Å². The van der Waals surface area contributed by atoms with Gasteiger partial charge in [0.1, 0.15) is 11.5 Å². The monoisotopic (exact) mass is 449 g/mol. The SMILES string of the molecule is COCCN1C(=O)C(=O)C(=C(O)c2ccc(OC)c(C)c2)[C@@H]1c1ccc(Cl)cc1Cl. The van der Waals surface area contributed by atoms with Gasteiger partial charge in [-0.15, -0.1) is 0 Å². The zero-order valence-electron chi connectivity index (χ0n) is 16.7. The summed E-state index contributed by atoms with van der Waals surface area (Å²) in [6, 6.07) is 8.95. The first kappa shape index (κ1) is 22.2. The normalized spacial score (nSPS) is 18.2. The number of aliphatic hydroxyl groups excluding tert-OH is 1. The molecule has 3 rings (SSSR count). The number of benzene rings is 2. The molecule has 1 aliphatic rings. The second kappa shape index (κ2) is 9.08. The molecule has 1 atom stereocenters. The highest BCUT2D eigenvalue weighted by Gasteiger charge is 2.46. The number of ether oxygens (including phenoxy) is 2. The lowest BCUT2D eigenvalue weighted by Gasteiger charge is -2.26. The largest absolute Gasteiger partial charge is 0.507 e. The lowest BCUT2D eigenvalue weighted by Crippen LogP contribution is -2.32. The van der Waals surface area contributed by atoms with E-state index in [0.29, 0.717) is 21.9 Å². The van der Waals surface area contributed by atoms with Crippen molar-refractivity contribution in [1.82, 2.24) is 4.90 Å². The fourth-order valence-electron chi connectivity index (χ4n) is 3.53. The minimum Gasteiger partial charge on any atom is -0.507 e. The van der Waals surface area contributed by atoms with E-state index in [2.05, 4.69) is 0 Å². The van der Waals surface area contributed by atoms with E-state index in [1.165, 1.54) is 18.1 Å². The number of Topliss-reactive ketones (excluding diaryl/α,β-unsaturated/α-hetero) is 1. The molecule has 158 valence electrons. The molecule has 1 aliphatic heterocycles. The van der Waals surface area contributed by atoms with E-state index in [4.69, 9.17) is 32.7 Å². The van der Waals surface area contributed by atoms with E-state index >= 15 is 0 Å². The first-order valence-corrected chi connectivity index (χ1v) is 9.93. The molecule has 1 N–H and O–H groups in total. The van der Waals surface area contributed by atoms with Crippen molar-refractivity contribution >= 4 is 40.7 Å². The van der Waals surface area contributed by atoms with Crippen LogP contribution >= 0.6 is 23.2 Å². The molecule has 2 aromatic carbocycles. The topological polar surface area (TPSA) is 76.1 Å². The number of carbonyl (C=O) groups excluding carboxylic acids is 2. The molecule has 0 spiro atoms. The average molecular weight is 450 g/mol. The van der Waals surface area contributed by atoms with Gasteiger partial charge >= 0.3 is 0 Å². The van der Waals surface area contributed by atoms with E-state index in [1.807, 2.05) is 6.92 Å². The molecular formula is C22H21Cl2NO5. The summed E-state index contributed by atoms with van der Waals surface area (Å²) in [6.45, 7) is 2.19. The van der Waals surface area contributed by atoms with Gasteiger partial charge in [0, 0.05) is 29.3 Å². The Balaban J connectivity index is 2.20. The quantitative estimate of drug-likeness (QED) is 0.402. The Bertz CT molecular complexity index is 1030. The number of hydrogen-bond acceptors (Lipinski definition) is 5. The number of hydrogen-bond donors (Lipinski definition) is 1. The highest BCUT2D eigenvalue weighted by molar-refractivity contribution is 6.47. The molecule has 6 nitrogen and oxygen atoms in total. The molecule has 1 amide bonds. The molecule has 0 aromatic heterocycles. The summed E-state index contributed by atoms with van der Waals surface area (Å²) in [4.78, 5) is 27.0. The van der Waals surface area contributed by atoms with E-state index in [1.54, 1.807) is 37.4 Å². The first-order chi connectivity index (χ1) is 14.3. The van der Waals surface area contributed by atoms with Crippen molar-refractivity contribution in [3.8, 4) is 5.75 Å². The van der Waals surface area contributed by atoms with Crippen molar-refractivity contribution in [3.05, 3.63) is 68.7 Å². The molecule has 0 radical (unpaired) electrons. The van der Waals surface area contributed by atoms with Crippen LogP contribution in [0.1, 0.15) is 22.7 Å². The summed E-state index contributed by atoms with van der Waals surface area (Å²) in [5.41, 5.74) is 1.62. The number of ketones is 1. The van der Waals surface area contributed by atoms with Crippen LogP contribution < -0.4 is 4.74 Å². The number of aliphatic hydroxyl groups is 1. The Morgan fingerprint density at radius 1 is 1.13 bits per heavy atom. The van der Waals surface area contributed by atoms with E-state index in [-0.39, 0.29) is 29.5 Å². The third-order valence-electron chi connectivity index (χ3n) is 5.00. The van der Waals surface area contributed by atoms with Gasteiger partial charge in [0.2, 0.25) is 0 Å². The van der Waals surface area contributed by atoms with Crippen LogP contribution in [0.5, 0.6) is 5.75 Å². The maximum atomic E-state index is 12.9. The molecule has 0 saturated carbocycles. The number of amides is 1. The van der Waals surface area contributed by atoms with Gasteiger partial charge < -0.3 is 19.5 Å². The van der Waals surface area contributed by atoms with Gasteiger partial charge in [-0.1, -0.05) is 29.3 Å². The van der Waals surface area contributed by atoms with Crippen molar-refractivity contribution < 1.29 is 24.2 Å². The van der Waals surface area contributed by atoms with Gasteiger partial charge in [0.15, 0.2) is 0 Å². The summed E-state index contributed by atoms with van der Waals surface area (Å²) in [5.74, 6) is -1.15. The molecule has 1 saturated heterocycles. The van der Waals surface area contributed by atoms with E-state index in [9.17, 15) is 14.7 Å². The number of methoxy groups -OCH3 is 2. The molecule has 2 aromatic rings. The molecule has 1 fully saturated rings. The van der Waals surface area contributed by atoms with Crippen molar-refractivity contribution in [2.45, 2.75) is 13.0 Å². The lowest BCUT2D eigenvalue weighted by atomic mass is 9.94. The molecule has 8 heteroatoms. The first-order valence-electron chi connectivity index (χ1n) is 9.17. The van der Waals surface area contributed by atoms with Gasteiger partial charge in [0.25, 0.3) is 11.7 Å². The molecular weight excluding hydrogens is 429 g/mol. The summed E-state index contributed by atoms with van der Waals surface area (Å²) < 4.78 is 10.3. The highest BCUT2D eigenvalue weighted by Crippen LogP contribution is 2.42. The molecule has 1 heterocycles. The number of carbonyl (C=O) groups is 2. The second-order valence-corrected chi connectivity index (χ2v) is 7.68. The summed E-state index contributed by atoms with van der Waals surface area (Å²) >= 11 is 12.4. The number of nitrogens with zero attached hydrogens (tertiary/aromatic N) is 1. The van der Waals surface area contributed by atoms with Gasteiger partial charge in [-0.05, 0) is 48.4 Å². The maximum absolute atomic E-state index is 12.9. The standard InChI is InChI=1S/C22H21Cl2NO5/c1-12-10-13(4-7-17(12)30-3)20(26)18-19(15-6-5-14(23)11-16(15)24)25(8-9-29-2)22(28)21(18)27/h4-7,10-11,19,26H,8-9H2,1-3H3/t19-/m0/s1. The Kier molecular flexibility index (Phi) is 6.71. The number of rotatable bonds is 6. The van der Waals surface area contributed by atoms with Crippen LogP contribution in [0.3, 0.4) is 0 Å². The second-order valence-electron chi connectivity index (χ2n) is 6.84. The van der Waals surface area contributed by atoms with Gasteiger partial charge in [-0.2, -0.15) is 0 Å². The van der Waals surface area contributed by atoms with Crippen LogP contribution in [-0.4, -0.2) is 49.1 Å². The van der Waals surface area contributed by atoms with Crippen LogP contribution in [0.15, 0.2) is 42.0 Å². The zero-order chi connectivity index (χ0) is 22.0. The number of likely N-dealkylation sites (tertiary alicyclic amines) is 1. The van der Waals surface area contributed by atoms with Gasteiger partial charge in [-0.3, -0.25) is 9.59 Å². The smallest absolute Gasteiger partial charge is 0.295 e. The van der Waals surface area contributed by atoms with Crippen molar-refractivity contribution in [3.63, 3.8) is 0 Å². The van der Waals surface area contributed by atoms with Crippen LogP contribution in [0.4, 0.5) is 0 Å². The average Bonchev–Trinajstić information content (AvgIpc) is 2.96. The van der Waals surface area contributed by atoms with Crippen molar-refractivity contribution in [2.75, 3.05) is 27.4 Å². The summed E-state index contributed by atoms with van der Waals surface area (Å²) in [6.07, 6.45) is 0. The van der Waals surface area contributed by atoms with Crippen LogP contribution in [0.2, 0.25) is 10.0 Å². The Labute approximate surface area is 184 Å². The van der Waals surface area contributed by atoms with E-state index in [0.717, 1.165) is 5.56 Å². The van der Waals surface area contributed by atoms with Crippen LogP contribution in [0, 0.1) is 6.92 Å². The number of halogens is 2. The van der Waals surface area contributed by atoms with E-state index < -0.39 is 17.7 Å². The van der Waals surface area contributed by atoms with Crippen LogP contribution in [0.25, 0.3) is 5.76 Å².